The Balaban J connectivity index is 1.44. The second-order valence-corrected chi connectivity index (χ2v) is 9.84. The molecule has 5 rings (SSSR count). The summed E-state index contributed by atoms with van der Waals surface area (Å²) < 4.78 is 12.8. The van der Waals surface area contributed by atoms with Crippen LogP contribution in [0.4, 0.5) is 5.69 Å². The molecule has 1 aliphatic carbocycles. The van der Waals surface area contributed by atoms with Crippen molar-refractivity contribution in [3.05, 3.63) is 103 Å². The standard InChI is InChI=1S/C29H27ClN4O5/c1-38-26-16-20(15-24(30)27(26)39-18-19-11-13-22(14-12-19)34(36)37)17-31-33-28(21-7-3-2-4-8-21)32-25-10-6-5-9-23(25)29(33)35/h5-6,9-17,21H,2-4,7-8,18H2,1H3. The Kier molecular flexibility index (Phi) is 7.88. The van der Waals surface area contributed by atoms with Gasteiger partial charge in [0.2, 0.25) is 0 Å². The van der Waals surface area contributed by atoms with Crippen LogP contribution in [0.15, 0.2) is 70.6 Å². The number of methoxy groups -OCH3 is 1. The molecule has 3 aromatic carbocycles. The van der Waals surface area contributed by atoms with Crippen LogP contribution in [0.2, 0.25) is 5.02 Å². The molecule has 9 nitrogen and oxygen atoms in total. The van der Waals surface area contributed by atoms with Crippen molar-refractivity contribution in [3.63, 3.8) is 0 Å². The molecule has 0 unspecified atom stereocenters. The number of nitrogens with zero attached hydrogens (tertiary/aromatic N) is 4. The highest BCUT2D eigenvalue weighted by atomic mass is 35.5. The van der Waals surface area contributed by atoms with Crippen LogP contribution in [0, 0.1) is 10.1 Å². The average molecular weight is 547 g/mol. The Morgan fingerprint density at radius 3 is 2.59 bits per heavy atom. The van der Waals surface area contributed by atoms with Crippen LogP contribution in [0.3, 0.4) is 0 Å². The van der Waals surface area contributed by atoms with Crippen molar-refractivity contribution >= 4 is 34.4 Å². The zero-order valence-corrected chi connectivity index (χ0v) is 22.1. The maximum atomic E-state index is 13.4. The van der Waals surface area contributed by atoms with E-state index in [1.165, 1.54) is 30.3 Å². The highest BCUT2D eigenvalue weighted by Gasteiger charge is 2.22. The molecule has 1 heterocycles. The molecule has 1 fully saturated rings. The number of halogens is 1. The first-order valence-electron chi connectivity index (χ1n) is 12.7. The Morgan fingerprint density at radius 1 is 1.13 bits per heavy atom. The van der Waals surface area contributed by atoms with E-state index in [1.807, 2.05) is 18.2 Å². The maximum Gasteiger partial charge on any atom is 0.282 e. The summed E-state index contributed by atoms with van der Waals surface area (Å²) in [5, 5.41) is 16.3. The van der Waals surface area contributed by atoms with E-state index < -0.39 is 4.92 Å². The van der Waals surface area contributed by atoms with Crippen LogP contribution in [0.25, 0.3) is 10.9 Å². The predicted octanol–water partition coefficient (Wildman–Crippen LogP) is 6.48. The monoisotopic (exact) mass is 546 g/mol. The van der Waals surface area contributed by atoms with Gasteiger partial charge in [0.25, 0.3) is 11.2 Å². The van der Waals surface area contributed by atoms with Gasteiger partial charge in [0.05, 0.1) is 34.2 Å². The summed E-state index contributed by atoms with van der Waals surface area (Å²) in [5.41, 5.74) is 1.83. The maximum absolute atomic E-state index is 13.4. The zero-order valence-electron chi connectivity index (χ0n) is 21.4. The number of ether oxygens (including phenoxy) is 2. The number of non-ortho nitro benzene ring substituents is 1. The van der Waals surface area contributed by atoms with Gasteiger partial charge in [0, 0.05) is 18.1 Å². The van der Waals surface area contributed by atoms with Gasteiger partial charge in [-0.3, -0.25) is 14.9 Å². The van der Waals surface area contributed by atoms with Gasteiger partial charge < -0.3 is 9.47 Å². The lowest BCUT2D eigenvalue weighted by Gasteiger charge is -2.22. The van der Waals surface area contributed by atoms with Gasteiger partial charge in [-0.1, -0.05) is 43.0 Å². The quantitative estimate of drug-likeness (QED) is 0.142. The van der Waals surface area contributed by atoms with Gasteiger partial charge in [-0.25, -0.2) is 4.98 Å². The SMILES string of the molecule is COc1cc(C=Nn2c(C3CCCCC3)nc3ccccc3c2=O)cc(Cl)c1OCc1ccc([N+](=O)[O-])cc1. The van der Waals surface area contributed by atoms with E-state index in [2.05, 4.69) is 5.10 Å². The van der Waals surface area contributed by atoms with E-state index in [4.69, 9.17) is 26.1 Å². The fourth-order valence-corrected chi connectivity index (χ4v) is 5.10. The molecule has 0 atom stereocenters. The molecule has 0 amide bonds. The highest BCUT2D eigenvalue weighted by Crippen LogP contribution is 2.37. The van der Waals surface area contributed by atoms with E-state index >= 15 is 0 Å². The Hall–Kier alpha value is -4.24. The lowest BCUT2D eigenvalue weighted by molar-refractivity contribution is -0.384. The number of aromatic nitrogens is 2. The van der Waals surface area contributed by atoms with Gasteiger partial charge >= 0.3 is 0 Å². The van der Waals surface area contributed by atoms with E-state index in [-0.39, 0.29) is 23.8 Å². The van der Waals surface area contributed by atoms with Crippen LogP contribution in [0.1, 0.15) is 55.0 Å². The number of benzene rings is 3. The van der Waals surface area contributed by atoms with Gasteiger partial charge in [-0.2, -0.15) is 9.78 Å². The van der Waals surface area contributed by atoms with Gasteiger partial charge in [-0.05, 0) is 60.4 Å². The summed E-state index contributed by atoms with van der Waals surface area (Å²) in [6.45, 7) is 0.143. The van der Waals surface area contributed by atoms with E-state index in [1.54, 1.807) is 36.5 Å². The fraction of sp³-hybridized carbons (Fsp3) is 0.276. The molecule has 1 aliphatic rings. The number of rotatable bonds is 8. The van der Waals surface area contributed by atoms with Crippen molar-refractivity contribution in [1.82, 2.24) is 9.66 Å². The number of hydrogen-bond acceptors (Lipinski definition) is 7. The number of hydrogen-bond donors (Lipinski definition) is 0. The molecule has 39 heavy (non-hydrogen) atoms. The predicted molar refractivity (Wildman–Crippen MR) is 150 cm³/mol. The molecule has 0 aliphatic heterocycles. The van der Waals surface area contributed by atoms with Gasteiger partial charge in [0.15, 0.2) is 11.5 Å². The third kappa shape index (κ3) is 5.78. The smallest absolute Gasteiger partial charge is 0.282 e. The molecule has 4 aromatic rings. The third-order valence-corrected chi connectivity index (χ3v) is 7.13. The van der Waals surface area contributed by atoms with Crippen LogP contribution < -0.4 is 15.0 Å². The second kappa shape index (κ2) is 11.7. The molecular formula is C29H27ClN4O5. The summed E-state index contributed by atoms with van der Waals surface area (Å²) in [6.07, 6.45) is 6.91. The van der Waals surface area contributed by atoms with Crippen LogP contribution in [0.5, 0.6) is 11.5 Å². The number of para-hydroxylation sites is 1. The summed E-state index contributed by atoms with van der Waals surface area (Å²) in [7, 11) is 1.50. The first-order chi connectivity index (χ1) is 18.9. The molecule has 0 radical (unpaired) electrons. The minimum Gasteiger partial charge on any atom is -0.493 e. The van der Waals surface area contributed by atoms with E-state index in [0.717, 1.165) is 31.2 Å². The molecular weight excluding hydrogens is 520 g/mol. The van der Waals surface area contributed by atoms with Crippen molar-refractivity contribution in [3.8, 4) is 11.5 Å². The van der Waals surface area contributed by atoms with Crippen molar-refractivity contribution in [2.45, 2.75) is 44.6 Å². The fourth-order valence-electron chi connectivity index (χ4n) is 4.83. The summed E-state index contributed by atoms with van der Waals surface area (Å²) >= 11 is 6.55. The Labute approximate surface area is 229 Å². The highest BCUT2D eigenvalue weighted by molar-refractivity contribution is 6.32. The molecule has 0 bridgehead atoms. The lowest BCUT2D eigenvalue weighted by atomic mass is 9.88. The normalized spacial score (nSPS) is 14.1. The number of nitro groups is 1. The molecule has 10 heteroatoms. The first-order valence-corrected chi connectivity index (χ1v) is 13.1. The molecule has 0 N–H and O–H groups in total. The zero-order chi connectivity index (χ0) is 27.4. The minimum atomic E-state index is -0.453. The lowest BCUT2D eigenvalue weighted by Crippen LogP contribution is -2.25. The number of nitro benzene ring substituents is 1. The van der Waals surface area contributed by atoms with E-state index in [9.17, 15) is 14.9 Å². The third-order valence-electron chi connectivity index (χ3n) is 6.85. The second-order valence-electron chi connectivity index (χ2n) is 9.43. The molecule has 1 aromatic heterocycles. The van der Waals surface area contributed by atoms with Gasteiger partial charge in [0.1, 0.15) is 12.4 Å². The first kappa shape index (κ1) is 26.4. The van der Waals surface area contributed by atoms with Crippen LogP contribution in [-0.4, -0.2) is 27.9 Å². The molecule has 200 valence electrons. The molecule has 0 spiro atoms. The number of fused-ring (bicyclic) bond motifs is 1. The topological polar surface area (TPSA) is 109 Å². The molecule has 1 saturated carbocycles. The Morgan fingerprint density at radius 2 is 1.87 bits per heavy atom. The van der Waals surface area contributed by atoms with Crippen molar-refractivity contribution in [1.29, 1.82) is 0 Å². The van der Waals surface area contributed by atoms with Crippen LogP contribution in [-0.2, 0) is 6.61 Å². The van der Waals surface area contributed by atoms with Crippen molar-refractivity contribution in [2.24, 2.45) is 5.10 Å². The van der Waals surface area contributed by atoms with Gasteiger partial charge in [-0.15, -0.1) is 0 Å². The largest absolute Gasteiger partial charge is 0.493 e. The van der Waals surface area contributed by atoms with E-state index in [0.29, 0.717) is 38.8 Å². The molecule has 0 saturated heterocycles. The summed E-state index contributed by atoms with van der Waals surface area (Å²) in [5.74, 6) is 1.57. The van der Waals surface area contributed by atoms with Crippen molar-refractivity contribution in [2.75, 3.05) is 7.11 Å². The summed E-state index contributed by atoms with van der Waals surface area (Å²) in [6, 6.07) is 16.8. The average Bonchev–Trinajstić information content (AvgIpc) is 2.96. The minimum absolute atomic E-state index is 0.00497. The Bertz CT molecular complexity index is 1590. The van der Waals surface area contributed by atoms with Crippen molar-refractivity contribution < 1.29 is 14.4 Å². The summed E-state index contributed by atoms with van der Waals surface area (Å²) in [4.78, 5) is 28.7. The van der Waals surface area contributed by atoms with Crippen LogP contribution >= 0.6 is 11.6 Å².